The molecule has 0 aliphatic rings. The Morgan fingerprint density at radius 1 is 1.09 bits per heavy atom. The molecule has 0 radical (unpaired) electrons. The number of nitrogens with zero attached hydrogens (tertiary/aromatic N) is 1. The fourth-order valence-corrected chi connectivity index (χ4v) is 1.93. The molecule has 2 rings (SSSR count). The zero-order valence-electron chi connectivity index (χ0n) is 12.9. The van der Waals surface area contributed by atoms with Crippen molar-refractivity contribution in [3.05, 3.63) is 54.1 Å². The van der Waals surface area contributed by atoms with Crippen molar-refractivity contribution in [3.8, 4) is 0 Å². The molecule has 22 heavy (non-hydrogen) atoms. The van der Waals surface area contributed by atoms with E-state index in [1.165, 1.54) is 12.3 Å². The Bertz CT molecular complexity index is 641. The maximum Gasteiger partial charge on any atom is 0.226 e. The van der Waals surface area contributed by atoms with Gasteiger partial charge in [-0.15, -0.1) is 0 Å². The maximum absolute atomic E-state index is 13.2. The normalized spacial score (nSPS) is 12.0. The standard InChI is InChI=1S/C17H20FN3O/c1-11(2)17(22)21-16-6-4-15(5-7-16)20-12(3)13-8-14(18)10-19-9-13/h4-12,20H,1-3H3,(H,21,22). The molecule has 0 saturated heterocycles. The second kappa shape index (κ2) is 7.02. The number of benzene rings is 1. The van der Waals surface area contributed by atoms with Gasteiger partial charge < -0.3 is 10.6 Å². The van der Waals surface area contributed by atoms with Crippen LogP contribution in [0.25, 0.3) is 0 Å². The minimum Gasteiger partial charge on any atom is -0.378 e. The third-order valence-electron chi connectivity index (χ3n) is 3.29. The summed E-state index contributed by atoms with van der Waals surface area (Å²) in [5, 5.41) is 6.10. The second-order valence-corrected chi connectivity index (χ2v) is 5.52. The first-order valence-corrected chi connectivity index (χ1v) is 7.23. The molecule has 0 aliphatic heterocycles. The molecule has 0 fully saturated rings. The Labute approximate surface area is 129 Å². The number of carbonyl (C=O) groups excluding carboxylic acids is 1. The van der Waals surface area contributed by atoms with E-state index < -0.39 is 0 Å². The number of anilines is 2. The molecule has 0 spiro atoms. The number of hydrogen-bond donors (Lipinski definition) is 2. The Morgan fingerprint density at radius 3 is 2.32 bits per heavy atom. The highest BCUT2D eigenvalue weighted by Crippen LogP contribution is 2.21. The third kappa shape index (κ3) is 4.28. The van der Waals surface area contributed by atoms with Gasteiger partial charge in [-0.25, -0.2) is 4.39 Å². The highest BCUT2D eigenvalue weighted by Gasteiger charge is 2.09. The van der Waals surface area contributed by atoms with E-state index in [2.05, 4.69) is 15.6 Å². The van der Waals surface area contributed by atoms with E-state index in [1.54, 1.807) is 6.20 Å². The van der Waals surface area contributed by atoms with E-state index >= 15 is 0 Å². The molecule has 1 atom stereocenters. The first-order valence-electron chi connectivity index (χ1n) is 7.23. The van der Waals surface area contributed by atoms with Crippen LogP contribution in [0.3, 0.4) is 0 Å². The van der Waals surface area contributed by atoms with E-state index in [1.807, 2.05) is 45.0 Å². The van der Waals surface area contributed by atoms with Gasteiger partial charge in [-0.05, 0) is 42.8 Å². The van der Waals surface area contributed by atoms with Gasteiger partial charge in [0, 0.05) is 23.5 Å². The van der Waals surface area contributed by atoms with Gasteiger partial charge in [0.1, 0.15) is 5.82 Å². The quantitative estimate of drug-likeness (QED) is 0.878. The molecule has 1 amide bonds. The SMILES string of the molecule is CC(C)C(=O)Nc1ccc(NC(C)c2cncc(F)c2)cc1. The van der Waals surface area contributed by atoms with Crippen LogP contribution in [-0.4, -0.2) is 10.9 Å². The van der Waals surface area contributed by atoms with Crippen LogP contribution < -0.4 is 10.6 Å². The first-order chi connectivity index (χ1) is 10.5. The lowest BCUT2D eigenvalue weighted by atomic mass is 10.1. The van der Waals surface area contributed by atoms with Crippen LogP contribution in [0.15, 0.2) is 42.7 Å². The predicted molar refractivity (Wildman–Crippen MR) is 86.1 cm³/mol. The van der Waals surface area contributed by atoms with E-state index in [-0.39, 0.29) is 23.7 Å². The highest BCUT2D eigenvalue weighted by molar-refractivity contribution is 5.92. The van der Waals surface area contributed by atoms with Crippen LogP contribution in [0.5, 0.6) is 0 Å². The molecule has 0 saturated carbocycles. The summed E-state index contributed by atoms with van der Waals surface area (Å²) in [7, 11) is 0. The van der Waals surface area contributed by atoms with Crippen LogP contribution in [0.2, 0.25) is 0 Å². The second-order valence-electron chi connectivity index (χ2n) is 5.52. The summed E-state index contributed by atoms with van der Waals surface area (Å²) < 4.78 is 13.2. The van der Waals surface area contributed by atoms with Crippen molar-refractivity contribution in [2.45, 2.75) is 26.8 Å². The Kier molecular flexibility index (Phi) is 5.09. The average Bonchev–Trinajstić information content (AvgIpc) is 2.49. The van der Waals surface area contributed by atoms with E-state index in [4.69, 9.17) is 0 Å². The minimum absolute atomic E-state index is 0.0140. The van der Waals surface area contributed by atoms with E-state index in [0.717, 1.165) is 16.9 Å². The Balaban J connectivity index is 2.00. The Morgan fingerprint density at radius 2 is 1.73 bits per heavy atom. The molecule has 1 aromatic carbocycles. The van der Waals surface area contributed by atoms with Crippen molar-refractivity contribution in [1.82, 2.24) is 4.98 Å². The van der Waals surface area contributed by atoms with E-state index in [0.29, 0.717) is 0 Å². The van der Waals surface area contributed by atoms with E-state index in [9.17, 15) is 9.18 Å². The number of nitrogens with one attached hydrogen (secondary N) is 2. The maximum atomic E-state index is 13.2. The van der Waals surface area contributed by atoms with Gasteiger partial charge in [-0.2, -0.15) is 0 Å². The summed E-state index contributed by atoms with van der Waals surface area (Å²) in [6, 6.07) is 8.80. The summed E-state index contributed by atoms with van der Waals surface area (Å²) in [5.41, 5.74) is 2.42. The van der Waals surface area contributed by atoms with Gasteiger partial charge in [-0.1, -0.05) is 13.8 Å². The molecule has 5 heteroatoms. The third-order valence-corrected chi connectivity index (χ3v) is 3.29. The number of rotatable bonds is 5. The van der Waals surface area contributed by atoms with Gasteiger partial charge in [0.25, 0.3) is 0 Å². The van der Waals surface area contributed by atoms with Gasteiger partial charge in [0.2, 0.25) is 5.91 Å². The number of hydrogen-bond acceptors (Lipinski definition) is 3. The van der Waals surface area contributed by atoms with Crippen molar-refractivity contribution < 1.29 is 9.18 Å². The number of pyridine rings is 1. The molecule has 0 bridgehead atoms. The summed E-state index contributed by atoms with van der Waals surface area (Å²) in [5.74, 6) is -0.420. The van der Waals surface area contributed by atoms with Crippen molar-refractivity contribution >= 4 is 17.3 Å². The van der Waals surface area contributed by atoms with Crippen LogP contribution in [0.4, 0.5) is 15.8 Å². The molecule has 0 aliphatic carbocycles. The average molecular weight is 301 g/mol. The fraction of sp³-hybridized carbons (Fsp3) is 0.294. The molecule has 116 valence electrons. The van der Waals surface area contributed by atoms with Gasteiger partial charge in [0.15, 0.2) is 0 Å². The largest absolute Gasteiger partial charge is 0.378 e. The van der Waals surface area contributed by atoms with Crippen LogP contribution in [0, 0.1) is 11.7 Å². The smallest absolute Gasteiger partial charge is 0.226 e. The molecule has 2 aromatic rings. The zero-order valence-corrected chi connectivity index (χ0v) is 12.9. The molecular weight excluding hydrogens is 281 g/mol. The van der Waals surface area contributed by atoms with Crippen molar-refractivity contribution in [1.29, 1.82) is 0 Å². The number of halogens is 1. The van der Waals surface area contributed by atoms with Gasteiger partial charge in [0.05, 0.1) is 12.2 Å². The fourth-order valence-electron chi connectivity index (χ4n) is 1.93. The number of aromatic nitrogens is 1. The highest BCUT2D eigenvalue weighted by atomic mass is 19.1. The van der Waals surface area contributed by atoms with Gasteiger partial charge in [-0.3, -0.25) is 9.78 Å². The zero-order chi connectivity index (χ0) is 16.1. The van der Waals surface area contributed by atoms with Crippen LogP contribution in [-0.2, 0) is 4.79 Å². The summed E-state index contributed by atoms with van der Waals surface area (Å²) in [4.78, 5) is 15.5. The topological polar surface area (TPSA) is 54.0 Å². The van der Waals surface area contributed by atoms with Crippen LogP contribution in [0.1, 0.15) is 32.4 Å². The molecular formula is C17H20FN3O. The van der Waals surface area contributed by atoms with Gasteiger partial charge >= 0.3 is 0 Å². The minimum atomic E-state index is -0.349. The summed E-state index contributed by atoms with van der Waals surface area (Å²) in [6.07, 6.45) is 2.82. The Hall–Kier alpha value is -2.43. The van der Waals surface area contributed by atoms with Crippen LogP contribution >= 0.6 is 0 Å². The molecule has 1 aromatic heterocycles. The summed E-state index contributed by atoms with van der Waals surface area (Å²) >= 11 is 0. The molecule has 1 unspecified atom stereocenters. The lowest BCUT2D eigenvalue weighted by Crippen LogP contribution is -2.17. The summed E-state index contributed by atoms with van der Waals surface area (Å²) in [6.45, 7) is 5.63. The monoisotopic (exact) mass is 301 g/mol. The molecule has 1 heterocycles. The number of carbonyl (C=O) groups is 1. The lowest BCUT2D eigenvalue weighted by Gasteiger charge is -2.16. The van der Waals surface area contributed by atoms with Crippen molar-refractivity contribution in [2.24, 2.45) is 5.92 Å². The predicted octanol–water partition coefficient (Wildman–Crippen LogP) is 3.99. The number of amides is 1. The lowest BCUT2D eigenvalue weighted by molar-refractivity contribution is -0.118. The van der Waals surface area contributed by atoms with Crippen molar-refractivity contribution in [2.75, 3.05) is 10.6 Å². The molecule has 4 nitrogen and oxygen atoms in total. The van der Waals surface area contributed by atoms with Crippen molar-refractivity contribution in [3.63, 3.8) is 0 Å². The first kappa shape index (κ1) is 15.9. The molecule has 2 N–H and O–H groups in total.